The van der Waals surface area contributed by atoms with Gasteiger partial charge in [-0.05, 0) is 38.1 Å². The first kappa shape index (κ1) is 20.0. The lowest BCUT2D eigenvalue weighted by molar-refractivity contribution is -0.155. The summed E-state index contributed by atoms with van der Waals surface area (Å²) in [4.78, 5) is 35.0. The second kappa shape index (κ2) is 8.88. The average Bonchev–Trinajstić information content (AvgIpc) is 2.63. The molecule has 0 spiro atoms. The van der Waals surface area contributed by atoms with Gasteiger partial charge in [0.1, 0.15) is 23.1 Å². The van der Waals surface area contributed by atoms with Crippen molar-refractivity contribution >= 4 is 23.3 Å². The summed E-state index contributed by atoms with van der Waals surface area (Å²) in [7, 11) is 0. The molecule has 2 rings (SSSR count). The van der Waals surface area contributed by atoms with Crippen molar-refractivity contribution in [2.45, 2.75) is 20.0 Å². The lowest BCUT2D eigenvalue weighted by atomic mass is 10.1. The molecule has 8 heteroatoms. The molecule has 2 aromatic carbocycles. The Hall–Kier alpha value is -3.29. The third-order valence-electron chi connectivity index (χ3n) is 3.49. The fourth-order valence-electron chi connectivity index (χ4n) is 2.07. The van der Waals surface area contributed by atoms with E-state index >= 15 is 0 Å². The van der Waals surface area contributed by atoms with Crippen LogP contribution in [0.4, 0.5) is 14.5 Å². The van der Waals surface area contributed by atoms with E-state index in [-0.39, 0.29) is 11.5 Å². The topological polar surface area (TPSA) is 81.7 Å². The van der Waals surface area contributed by atoms with Gasteiger partial charge >= 0.3 is 5.97 Å². The van der Waals surface area contributed by atoms with Crippen molar-refractivity contribution in [1.82, 2.24) is 0 Å². The lowest BCUT2D eigenvalue weighted by Crippen LogP contribution is -2.32. The van der Waals surface area contributed by atoms with Crippen molar-refractivity contribution < 1.29 is 32.6 Å². The van der Waals surface area contributed by atoms with Gasteiger partial charge in [0, 0.05) is 5.56 Å². The average molecular weight is 377 g/mol. The molecule has 1 N–H and O–H groups in total. The molecule has 0 aliphatic heterocycles. The number of para-hydroxylation sites is 1. The second-order valence-corrected chi connectivity index (χ2v) is 5.59. The minimum absolute atomic E-state index is 0.159. The standard InChI is InChI=1S/C19H17F2NO5/c1-11(23)13-5-3-6-14(9-13)26-10-17(24)27-12(2)19(25)22-18-15(20)7-4-8-16(18)21/h3-9,12H,10H2,1-2H3,(H,22,25)/t12-/m1/s1. The van der Waals surface area contributed by atoms with Crippen LogP contribution in [0.2, 0.25) is 0 Å². The molecule has 27 heavy (non-hydrogen) atoms. The molecule has 2 aromatic rings. The van der Waals surface area contributed by atoms with E-state index in [1.54, 1.807) is 18.2 Å². The van der Waals surface area contributed by atoms with E-state index in [4.69, 9.17) is 9.47 Å². The molecule has 0 saturated heterocycles. The molecule has 0 saturated carbocycles. The van der Waals surface area contributed by atoms with Gasteiger partial charge in [-0.15, -0.1) is 0 Å². The normalized spacial score (nSPS) is 11.4. The number of carbonyl (C=O) groups excluding carboxylic acids is 3. The van der Waals surface area contributed by atoms with Gasteiger partial charge in [0.2, 0.25) is 0 Å². The first-order valence-corrected chi connectivity index (χ1v) is 7.96. The van der Waals surface area contributed by atoms with Gasteiger partial charge in [-0.2, -0.15) is 0 Å². The van der Waals surface area contributed by atoms with Crippen LogP contribution in [0.3, 0.4) is 0 Å². The molecule has 0 aromatic heterocycles. The maximum absolute atomic E-state index is 13.5. The lowest BCUT2D eigenvalue weighted by Gasteiger charge is -2.14. The van der Waals surface area contributed by atoms with Gasteiger partial charge in [0.25, 0.3) is 5.91 Å². The van der Waals surface area contributed by atoms with Crippen LogP contribution in [-0.2, 0) is 14.3 Å². The number of amides is 1. The van der Waals surface area contributed by atoms with E-state index in [0.717, 1.165) is 18.2 Å². The molecule has 1 amide bonds. The van der Waals surface area contributed by atoms with Crippen molar-refractivity contribution in [1.29, 1.82) is 0 Å². The van der Waals surface area contributed by atoms with Crippen molar-refractivity contribution in [2.75, 3.05) is 11.9 Å². The largest absolute Gasteiger partial charge is 0.482 e. The summed E-state index contributed by atoms with van der Waals surface area (Å²) in [6, 6.07) is 9.33. The Morgan fingerprint density at radius 1 is 1.07 bits per heavy atom. The third-order valence-corrected chi connectivity index (χ3v) is 3.49. The zero-order chi connectivity index (χ0) is 20.0. The van der Waals surface area contributed by atoms with Crippen molar-refractivity contribution in [3.63, 3.8) is 0 Å². The number of nitrogens with one attached hydrogen (secondary N) is 1. The summed E-state index contributed by atoms with van der Waals surface area (Å²) < 4.78 is 37.1. The molecule has 0 aliphatic rings. The quantitative estimate of drug-likeness (QED) is 0.592. The predicted molar refractivity (Wildman–Crippen MR) is 92.5 cm³/mol. The maximum Gasteiger partial charge on any atom is 0.344 e. The highest BCUT2D eigenvalue weighted by Gasteiger charge is 2.21. The van der Waals surface area contributed by atoms with E-state index in [2.05, 4.69) is 0 Å². The number of hydrogen-bond donors (Lipinski definition) is 1. The van der Waals surface area contributed by atoms with E-state index in [1.165, 1.54) is 19.9 Å². The van der Waals surface area contributed by atoms with Crippen LogP contribution in [0, 0.1) is 11.6 Å². The number of carbonyl (C=O) groups is 3. The number of ketones is 1. The molecule has 0 heterocycles. The van der Waals surface area contributed by atoms with Crippen molar-refractivity contribution in [3.05, 3.63) is 59.7 Å². The van der Waals surface area contributed by atoms with Crippen LogP contribution < -0.4 is 10.1 Å². The maximum atomic E-state index is 13.5. The van der Waals surface area contributed by atoms with E-state index < -0.39 is 41.9 Å². The third kappa shape index (κ3) is 5.60. The Kier molecular flexibility index (Phi) is 6.59. The van der Waals surface area contributed by atoms with Gasteiger partial charge < -0.3 is 14.8 Å². The number of Topliss-reactive ketones (excluding diaryl/α,β-unsaturated/α-hetero) is 1. The number of esters is 1. The molecule has 0 bridgehead atoms. The molecular weight excluding hydrogens is 360 g/mol. The van der Waals surface area contributed by atoms with Gasteiger partial charge in [-0.1, -0.05) is 18.2 Å². The van der Waals surface area contributed by atoms with E-state index in [1.807, 2.05) is 5.32 Å². The highest BCUT2D eigenvalue weighted by Crippen LogP contribution is 2.18. The van der Waals surface area contributed by atoms with Crippen LogP contribution >= 0.6 is 0 Å². The Bertz CT molecular complexity index is 849. The molecule has 0 aliphatic carbocycles. The zero-order valence-electron chi connectivity index (χ0n) is 14.6. The molecule has 1 atom stereocenters. The monoisotopic (exact) mass is 377 g/mol. The van der Waals surface area contributed by atoms with Crippen LogP contribution in [0.15, 0.2) is 42.5 Å². The Labute approximate surface area is 154 Å². The summed E-state index contributed by atoms with van der Waals surface area (Å²) >= 11 is 0. The molecule has 0 radical (unpaired) electrons. The fourth-order valence-corrected chi connectivity index (χ4v) is 2.07. The first-order valence-electron chi connectivity index (χ1n) is 7.96. The minimum Gasteiger partial charge on any atom is -0.482 e. The minimum atomic E-state index is -1.30. The number of benzene rings is 2. The number of hydrogen-bond acceptors (Lipinski definition) is 5. The predicted octanol–water partition coefficient (Wildman–Crippen LogP) is 3.12. The summed E-state index contributed by atoms with van der Waals surface area (Å²) in [6.45, 7) is 2.14. The Balaban J connectivity index is 1.88. The summed E-state index contributed by atoms with van der Waals surface area (Å²) in [5, 5.41) is 2.03. The second-order valence-electron chi connectivity index (χ2n) is 5.59. The molecule has 0 unspecified atom stereocenters. The fraction of sp³-hybridized carbons (Fsp3) is 0.211. The van der Waals surface area contributed by atoms with Gasteiger partial charge in [-0.25, -0.2) is 13.6 Å². The van der Waals surface area contributed by atoms with Crippen molar-refractivity contribution in [3.8, 4) is 5.75 Å². The van der Waals surface area contributed by atoms with Crippen LogP contribution in [0.1, 0.15) is 24.2 Å². The van der Waals surface area contributed by atoms with Crippen LogP contribution in [0.5, 0.6) is 5.75 Å². The van der Waals surface area contributed by atoms with Crippen LogP contribution in [-0.4, -0.2) is 30.4 Å². The summed E-state index contributed by atoms with van der Waals surface area (Å²) in [5.74, 6) is -3.53. The zero-order valence-corrected chi connectivity index (χ0v) is 14.6. The highest BCUT2D eigenvalue weighted by molar-refractivity contribution is 5.95. The summed E-state index contributed by atoms with van der Waals surface area (Å²) in [5.41, 5.74) is -0.205. The number of halogens is 2. The Morgan fingerprint density at radius 2 is 1.70 bits per heavy atom. The number of rotatable bonds is 7. The summed E-state index contributed by atoms with van der Waals surface area (Å²) in [6.07, 6.45) is -1.30. The number of anilines is 1. The van der Waals surface area contributed by atoms with Gasteiger partial charge in [-0.3, -0.25) is 9.59 Å². The molecule has 6 nitrogen and oxygen atoms in total. The smallest absolute Gasteiger partial charge is 0.344 e. The Morgan fingerprint density at radius 3 is 2.33 bits per heavy atom. The SMILES string of the molecule is CC(=O)c1cccc(OCC(=O)O[C@H](C)C(=O)Nc2c(F)cccc2F)c1. The molecular formula is C19H17F2NO5. The molecule has 0 fully saturated rings. The van der Waals surface area contributed by atoms with E-state index in [0.29, 0.717) is 5.56 Å². The van der Waals surface area contributed by atoms with Crippen molar-refractivity contribution in [2.24, 2.45) is 0 Å². The van der Waals surface area contributed by atoms with Gasteiger partial charge in [0.15, 0.2) is 18.5 Å². The van der Waals surface area contributed by atoms with Crippen LogP contribution in [0.25, 0.3) is 0 Å². The highest BCUT2D eigenvalue weighted by atomic mass is 19.1. The van der Waals surface area contributed by atoms with Gasteiger partial charge in [0.05, 0.1) is 0 Å². The van der Waals surface area contributed by atoms with E-state index in [9.17, 15) is 23.2 Å². The number of ether oxygens (including phenoxy) is 2. The molecule has 142 valence electrons. The first-order chi connectivity index (χ1) is 12.8.